The Kier molecular flexibility index (Phi) is 8.01. The lowest BCUT2D eigenvalue weighted by Crippen LogP contribution is -2.56. The summed E-state index contributed by atoms with van der Waals surface area (Å²) in [5.41, 5.74) is 8.93. The SMILES string of the molecule is CC(C)(C)OC(=O)[C@H](Cc1ccccc1)N1C[C@@H](CN=[N+]=[N-])O[C@@H](CC(=O)O)C1. The van der Waals surface area contributed by atoms with Crippen molar-refractivity contribution >= 4 is 11.9 Å². The summed E-state index contributed by atoms with van der Waals surface area (Å²) in [5, 5.41) is 12.7. The number of aliphatic carboxylic acids is 1. The fourth-order valence-electron chi connectivity index (χ4n) is 3.31. The molecule has 0 aliphatic carbocycles. The van der Waals surface area contributed by atoms with E-state index in [0.717, 1.165) is 5.56 Å². The molecule has 0 radical (unpaired) electrons. The van der Waals surface area contributed by atoms with Crippen molar-refractivity contribution in [3.8, 4) is 0 Å². The van der Waals surface area contributed by atoms with Crippen LogP contribution in [-0.4, -0.2) is 65.4 Å². The van der Waals surface area contributed by atoms with Crippen LogP contribution in [0.3, 0.4) is 0 Å². The molecule has 0 saturated carbocycles. The van der Waals surface area contributed by atoms with E-state index < -0.39 is 29.8 Å². The summed E-state index contributed by atoms with van der Waals surface area (Å²) in [6.07, 6.45) is -0.884. The average molecular weight is 404 g/mol. The monoisotopic (exact) mass is 404 g/mol. The number of hydrogen-bond donors (Lipinski definition) is 1. The van der Waals surface area contributed by atoms with Crippen LogP contribution < -0.4 is 0 Å². The van der Waals surface area contributed by atoms with Crippen LogP contribution >= 0.6 is 0 Å². The largest absolute Gasteiger partial charge is 0.481 e. The molecule has 9 heteroatoms. The highest BCUT2D eigenvalue weighted by Crippen LogP contribution is 2.22. The molecule has 3 atom stereocenters. The molecule has 1 aliphatic rings. The Morgan fingerprint density at radius 1 is 1.31 bits per heavy atom. The third kappa shape index (κ3) is 7.73. The van der Waals surface area contributed by atoms with Crippen LogP contribution in [0.15, 0.2) is 35.4 Å². The highest BCUT2D eigenvalue weighted by Gasteiger charge is 2.37. The Morgan fingerprint density at radius 2 is 1.97 bits per heavy atom. The molecule has 2 rings (SSSR count). The van der Waals surface area contributed by atoms with E-state index in [1.165, 1.54) is 0 Å². The number of hydrogen-bond acceptors (Lipinski definition) is 6. The first-order valence-corrected chi connectivity index (χ1v) is 9.57. The fourth-order valence-corrected chi connectivity index (χ4v) is 3.31. The summed E-state index contributed by atoms with van der Waals surface area (Å²) >= 11 is 0. The summed E-state index contributed by atoms with van der Waals surface area (Å²) < 4.78 is 11.4. The van der Waals surface area contributed by atoms with E-state index in [2.05, 4.69) is 10.0 Å². The number of carboxylic acid groups (broad SMARTS) is 1. The third-order valence-electron chi connectivity index (χ3n) is 4.40. The molecule has 9 nitrogen and oxygen atoms in total. The lowest BCUT2D eigenvalue weighted by Gasteiger charge is -2.41. The maximum absolute atomic E-state index is 13.0. The van der Waals surface area contributed by atoms with Gasteiger partial charge in [-0.1, -0.05) is 35.4 Å². The number of ether oxygens (including phenoxy) is 2. The predicted octanol–water partition coefficient (Wildman–Crippen LogP) is 2.79. The second-order valence-electron chi connectivity index (χ2n) is 8.08. The van der Waals surface area contributed by atoms with E-state index in [1.807, 2.05) is 56.0 Å². The van der Waals surface area contributed by atoms with Crippen LogP contribution in [0, 0.1) is 0 Å². The average Bonchev–Trinajstić information content (AvgIpc) is 2.63. The summed E-state index contributed by atoms with van der Waals surface area (Å²) in [6, 6.07) is 8.97. The van der Waals surface area contributed by atoms with Crippen molar-refractivity contribution in [2.24, 2.45) is 5.11 Å². The molecule has 0 amide bonds. The molecule has 1 aliphatic heterocycles. The molecular weight excluding hydrogens is 376 g/mol. The third-order valence-corrected chi connectivity index (χ3v) is 4.40. The van der Waals surface area contributed by atoms with E-state index in [9.17, 15) is 14.7 Å². The van der Waals surface area contributed by atoms with Crippen LogP contribution in [0.5, 0.6) is 0 Å². The highest BCUT2D eigenvalue weighted by molar-refractivity contribution is 5.76. The smallest absolute Gasteiger partial charge is 0.324 e. The maximum Gasteiger partial charge on any atom is 0.324 e. The summed E-state index contributed by atoms with van der Waals surface area (Å²) in [6.45, 7) is 6.10. The first-order chi connectivity index (χ1) is 13.7. The van der Waals surface area contributed by atoms with Crippen LogP contribution in [-0.2, 0) is 25.5 Å². The molecule has 0 aromatic heterocycles. The minimum Gasteiger partial charge on any atom is -0.481 e. The second-order valence-corrected chi connectivity index (χ2v) is 8.08. The molecule has 0 spiro atoms. The number of rotatable bonds is 8. The van der Waals surface area contributed by atoms with E-state index in [-0.39, 0.29) is 25.5 Å². The van der Waals surface area contributed by atoms with E-state index in [1.54, 1.807) is 0 Å². The van der Waals surface area contributed by atoms with Crippen LogP contribution in [0.25, 0.3) is 10.4 Å². The quantitative estimate of drug-likeness (QED) is 0.307. The summed E-state index contributed by atoms with van der Waals surface area (Å²) in [4.78, 5) is 28.9. The zero-order valence-corrected chi connectivity index (χ0v) is 17.0. The molecule has 0 bridgehead atoms. The Labute approximate surface area is 170 Å². The summed E-state index contributed by atoms with van der Waals surface area (Å²) in [7, 11) is 0. The van der Waals surface area contributed by atoms with Crippen molar-refractivity contribution in [1.29, 1.82) is 0 Å². The zero-order chi connectivity index (χ0) is 21.4. The van der Waals surface area contributed by atoms with Crippen molar-refractivity contribution in [3.63, 3.8) is 0 Å². The van der Waals surface area contributed by atoms with Gasteiger partial charge >= 0.3 is 11.9 Å². The standard InChI is InChI=1S/C20H28N4O5/c1-20(2,3)29-19(27)17(9-14-7-5-4-6-8-14)24-12-15(10-18(25)26)28-16(13-24)11-22-23-21/h4-8,15-17H,9-13H2,1-3H3,(H,25,26)/t15-,16+,17-/m0/s1. The first kappa shape index (κ1) is 22.7. The number of carboxylic acids is 1. The molecule has 1 saturated heterocycles. The molecule has 29 heavy (non-hydrogen) atoms. The molecule has 1 aromatic carbocycles. The highest BCUT2D eigenvalue weighted by atomic mass is 16.6. The van der Waals surface area contributed by atoms with Gasteiger partial charge in [-0.15, -0.1) is 0 Å². The molecule has 0 unspecified atom stereocenters. The Bertz CT molecular complexity index is 731. The number of benzene rings is 1. The Hall–Kier alpha value is -2.61. The molecule has 1 heterocycles. The second kappa shape index (κ2) is 10.2. The van der Waals surface area contributed by atoms with E-state index in [4.69, 9.17) is 15.0 Å². The Morgan fingerprint density at radius 3 is 2.55 bits per heavy atom. The lowest BCUT2D eigenvalue weighted by atomic mass is 10.0. The molecule has 1 fully saturated rings. The first-order valence-electron chi connectivity index (χ1n) is 9.57. The number of carbonyl (C=O) groups is 2. The van der Waals surface area contributed by atoms with Crippen molar-refractivity contribution in [2.45, 2.75) is 57.5 Å². The van der Waals surface area contributed by atoms with Gasteiger partial charge in [-0.3, -0.25) is 14.5 Å². The van der Waals surface area contributed by atoms with Crippen molar-refractivity contribution < 1.29 is 24.2 Å². The van der Waals surface area contributed by atoms with E-state index in [0.29, 0.717) is 13.0 Å². The minimum absolute atomic E-state index is 0.0650. The van der Waals surface area contributed by atoms with Gasteiger partial charge in [-0.25, -0.2) is 0 Å². The van der Waals surface area contributed by atoms with Gasteiger partial charge in [0.25, 0.3) is 0 Å². The predicted molar refractivity (Wildman–Crippen MR) is 106 cm³/mol. The number of esters is 1. The molecule has 158 valence electrons. The van der Waals surface area contributed by atoms with Gasteiger partial charge in [0.15, 0.2) is 0 Å². The van der Waals surface area contributed by atoms with Gasteiger partial charge in [0.05, 0.1) is 25.2 Å². The van der Waals surface area contributed by atoms with Gasteiger partial charge < -0.3 is 14.6 Å². The fraction of sp³-hybridized carbons (Fsp3) is 0.600. The van der Waals surface area contributed by atoms with Crippen LogP contribution in [0.4, 0.5) is 0 Å². The van der Waals surface area contributed by atoms with E-state index >= 15 is 0 Å². The number of carbonyl (C=O) groups excluding carboxylic acids is 1. The van der Waals surface area contributed by atoms with Crippen LogP contribution in [0.2, 0.25) is 0 Å². The Balaban J connectivity index is 2.27. The number of nitrogens with zero attached hydrogens (tertiary/aromatic N) is 4. The zero-order valence-electron chi connectivity index (χ0n) is 17.0. The van der Waals surface area contributed by atoms with Crippen LogP contribution in [0.1, 0.15) is 32.8 Å². The molecule has 1 N–H and O–H groups in total. The maximum atomic E-state index is 13.0. The molecular formula is C20H28N4O5. The number of azide groups is 1. The lowest BCUT2D eigenvalue weighted by molar-refractivity contribution is -0.167. The van der Waals surface area contributed by atoms with Gasteiger partial charge in [-0.05, 0) is 38.3 Å². The molecule has 1 aromatic rings. The van der Waals surface area contributed by atoms with Crippen molar-refractivity contribution in [3.05, 3.63) is 46.3 Å². The number of morpholine rings is 1. The van der Waals surface area contributed by atoms with Crippen molar-refractivity contribution in [2.75, 3.05) is 19.6 Å². The topological polar surface area (TPSA) is 125 Å². The van der Waals surface area contributed by atoms with Crippen molar-refractivity contribution in [1.82, 2.24) is 4.90 Å². The van der Waals surface area contributed by atoms with Gasteiger partial charge in [0, 0.05) is 18.0 Å². The van der Waals surface area contributed by atoms with Gasteiger partial charge in [0.1, 0.15) is 11.6 Å². The normalized spacial score (nSPS) is 21.1. The van der Waals surface area contributed by atoms with Gasteiger partial charge in [0.2, 0.25) is 0 Å². The minimum atomic E-state index is -0.990. The summed E-state index contributed by atoms with van der Waals surface area (Å²) in [5.74, 6) is -1.36. The van der Waals surface area contributed by atoms with Gasteiger partial charge in [-0.2, -0.15) is 0 Å².